The molecule has 2 N–H and O–H groups in total. The van der Waals surface area contributed by atoms with Crippen molar-refractivity contribution in [3.63, 3.8) is 0 Å². The molecule has 0 saturated carbocycles. The van der Waals surface area contributed by atoms with Crippen LogP contribution in [0, 0.1) is 0 Å². The Morgan fingerprint density at radius 2 is 2.41 bits per heavy atom. The third-order valence-electron chi connectivity index (χ3n) is 2.80. The number of carbonyl (C=O) groups is 1. The molecule has 1 unspecified atom stereocenters. The van der Waals surface area contributed by atoms with Gasteiger partial charge in [-0.15, -0.1) is 0 Å². The first-order valence-corrected chi connectivity index (χ1v) is 7.04. The Kier molecular flexibility index (Phi) is 4.31. The SMILES string of the molecule is O=C(Cc1cccc(O)c1)NC1CCCSC1. The third kappa shape index (κ3) is 3.97. The molecule has 2 rings (SSSR count). The van der Waals surface area contributed by atoms with Crippen LogP contribution in [0.25, 0.3) is 0 Å². The van der Waals surface area contributed by atoms with Crippen molar-refractivity contribution >= 4 is 17.7 Å². The molecular weight excluding hydrogens is 234 g/mol. The molecule has 1 amide bonds. The molecule has 1 aromatic rings. The molecule has 0 aromatic heterocycles. The maximum absolute atomic E-state index is 11.8. The summed E-state index contributed by atoms with van der Waals surface area (Å²) in [5.41, 5.74) is 0.853. The Morgan fingerprint density at radius 1 is 1.53 bits per heavy atom. The molecule has 0 bridgehead atoms. The first-order valence-electron chi connectivity index (χ1n) is 5.89. The lowest BCUT2D eigenvalue weighted by Gasteiger charge is -2.22. The van der Waals surface area contributed by atoms with E-state index < -0.39 is 0 Å². The van der Waals surface area contributed by atoms with E-state index in [0.29, 0.717) is 12.5 Å². The van der Waals surface area contributed by atoms with Gasteiger partial charge in [-0.3, -0.25) is 4.79 Å². The van der Waals surface area contributed by atoms with Crippen LogP contribution in [-0.4, -0.2) is 28.6 Å². The molecule has 1 heterocycles. The van der Waals surface area contributed by atoms with Gasteiger partial charge in [-0.05, 0) is 36.3 Å². The fraction of sp³-hybridized carbons (Fsp3) is 0.462. The van der Waals surface area contributed by atoms with Gasteiger partial charge in [0.2, 0.25) is 5.91 Å². The highest BCUT2D eigenvalue weighted by Crippen LogP contribution is 2.17. The molecule has 1 fully saturated rings. The lowest BCUT2D eigenvalue weighted by atomic mass is 10.1. The zero-order valence-corrected chi connectivity index (χ0v) is 10.5. The van der Waals surface area contributed by atoms with Crippen LogP contribution in [0.15, 0.2) is 24.3 Å². The van der Waals surface area contributed by atoms with Gasteiger partial charge in [0.1, 0.15) is 5.75 Å². The molecule has 1 aliphatic heterocycles. The highest BCUT2D eigenvalue weighted by molar-refractivity contribution is 7.99. The Labute approximate surface area is 106 Å². The summed E-state index contributed by atoms with van der Waals surface area (Å²) in [5.74, 6) is 2.48. The summed E-state index contributed by atoms with van der Waals surface area (Å²) in [4.78, 5) is 11.8. The molecule has 4 heteroatoms. The van der Waals surface area contributed by atoms with Gasteiger partial charge in [0, 0.05) is 11.8 Å². The van der Waals surface area contributed by atoms with Crippen LogP contribution in [0.2, 0.25) is 0 Å². The molecule has 1 aliphatic rings. The standard InChI is InChI=1S/C13H17NO2S/c15-12-5-1-3-10(7-12)8-13(16)14-11-4-2-6-17-9-11/h1,3,5,7,11,15H,2,4,6,8-9H2,(H,14,16). The van der Waals surface area contributed by atoms with E-state index >= 15 is 0 Å². The number of hydrogen-bond acceptors (Lipinski definition) is 3. The number of phenols is 1. The molecule has 0 spiro atoms. The van der Waals surface area contributed by atoms with Crippen molar-refractivity contribution in [1.29, 1.82) is 0 Å². The van der Waals surface area contributed by atoms with Gasteiger partial charge in [0.15, 0.2) is 0 Å². The number of thioether (sulfide) groups is 1. The van der Waals surface area contributed by atoms with Crippen LogP contribution in [0.4, 0.5) is 0 Å². The van der Waals surface area contributed by atoms with Gasteiger partial charge in [0.25, 0.3) is 0 Å². The molecule has 17 heavy (non-hydrogen) atoms. The number of hydrogen-bond donors (Lipinski definition) is 2. The Balaban J connectivity index is 1.84. The number of aromatic hydroxyl groups is 1. The third-order valence-corrected chi connectivity index (χ3v) is 4.02. The van der Waals surface area contributed by atoms with Gasteiger partial charge in [-0.1, -0.05) is 12.1 Å². The second-order valence-electron chi connectivity index (χ2n) is 4.33. The van der Waals surface area contributed by atoms with Crippen molar-refractivity contribution in [2.75, 3.05) is 11.5 Å². The predicted octanol–water partition coefficient (Wildman–Crippen LogP) is 1.95. The fourth-order valence-corrected chi connectivity index (χ4v) is 3.06. The van der Waals surface area contributed by atoms with Crippen molar-refractivity contribution in [3.05, 3.63) is 29.8 Å². The number of rotatable bonds is 3. The summed E-state index contributed by atoms with van der Waals surface area (Å²) >= 11 is 1.90. The summed E-state index contributed by atoms with van der Waals surface area (Å²) in [6.45, 7) is 0. The van der Waals surface area contributed by atoms with Gasteiger partial charge in [0.05, 0.1) is 6.42 Å². The zero-order valence-electron chi connectivity index (χ0n) is 9.69. The Bertz CT molecular complexity index is 389. The Hall–Kier alpha value is -1.16. The lowest BCUT2D eigenvalue weighted by molar-refractivity contribution is -0.121. The minimum absolute atomic E-state index is 0.0445. The summed E-state index contributed by atoms with van der Waals surface area (Å²) < 4.78 is 0. The van der Waals surface area contributed by atoms with Crippen LogP contribution in [0.5, 0.6) is 5.75 Å². The maximum Gasteiger partial charge on any atom is 0.224 e. The number of amides is 1. The van der Waals surface area contributed by atoms with E-state index in [0.717, 1.165) is 17.7 Å². The van der Waals surface area contributed by atoms with E-state index in [9.17, 15) is 9.90 Å². The van der Waals surface area contributed by atoms with E-state index in [4.69, 9.17) is 0 Å². The molecule has 1 atom stereocenters. The summed E-state index contributed by atoms with van der Waals surface area (Å²) in [7, 11) is 0. The monoisotopic (exact) mass is 251 g/mol. The summed E-state index contributed by atoms with van der Waals surface area (Å²) in [5, 5.41) is 12.4. The summed E-state index contributed by atoms with van der Waals surface area (Å²) in [6.07, 6.45) is 2.61. The van der Waals surface area contributed by atoms with Gasteiger partial charge < -0.3 is 10.4 Å². The minimum atomic E-state index is 0.0445. The molecule has 92 valence electrons. The van der Waals surface area contributed by atoms with Crippen LogP contribution in [-0.2, 0) is 11.2 Å². The lowest BCUT2D eigenvalue weighted by Crippen LogP contribution is -2.39. The van der Waals surface area contributed by atoms with Gasteiger partial charge >= 0.3 is 0 Å². The van der Waals surface area contributed by atoms with E-state index in [2.05, 4.69) is 5.32 Å². The average Bonchev–Trinajstić information content (AvgIpc) is 2.30. The smallest absolute Gasteiger partial charge is 0.224 e. The quantitative estimate of drug-likeness (QED) is 0.863. The predicted molar refractivity (Wildman–Crippen MR) is 70.3 cm³/mol. The van der Waals surface area contributed by atoms with E-state index in [1.807, 2.05) is 17.8 Å². The van der Waals surface area contributed by atoms with E-state index in [1.165, 1.54) is 12.2 Å². The van der Waals surface area contributed by atoms with Crippen molar-refractivity contribution in [1.82, 2.24) is 5.32 Å². The molecule has 3 nitrogen and oxygen atoms in total. The second-order valence-corrected chi connectivity index (χ2v) is 5.48. The first kappa shape index (κ1) is 12.3. The first-order chi connectivity index (χ1) is 8.24. The highest BCUT2D eigenvalue weighted by atomic mass is 32.2. The van der Waals surface area contributed by atoms with Crippen LogP contribution in [0.1, 0.15) is 18.4 Å². The molecule has 1 aromatic carbocycles. The van der Waals surface area contributed by atoms with Crippen LogP contribution < -0.4 is 5.32 Å². The van der Waals surface area contributed by atoms with Crippen molar-refractivity contribution in [2.24, 2.45) is 0 Å². The number of carbonyl (C=O) groups excluding carboxylic acids is 1. The van der Waals surface area contributed by atoms with Gasteiger partial charge in [-0.2, -0.15) is 11.8 Å². The van der Waals surface area contributed by atoms with Crippen LogP contribution >= 0.6 is 11.8 Å². The number of nitrogens with one attached hydrogen (secondary N) is 1. The minimum Gasteiger partial charge on any atom is -0.508 e. The van der Waals surface area contributed by atoms with Crippen molar-refractivity contribution in [2.45, 2.75) is 25.3 Å². The molecule has 1 saturated heterocycles. The molecular formula is C13H17NO2S. The van der Waals surface area contributed by atoms with Gasteiger partial charge in [-0.25, -0.2) is 0 Å². The Morgan fingerprint density at radius 3 is 3.12 bits per heavy atom. The zero-order chi connectivity index (χ0) is 12.1. The van der Waals surface area contributed by atoms with E-state index in [1.54, 1.807) is 18.2 Å². The van der Waals surface area contributed by atoms with Crippen molar-refractivity contribution < 1.29 is 9.90 Å². The second kappa shape index (κ2) is 5.96. The largest absolute Gasteiger partial charge is 0.508 e. The maximum atomic E-state index is 11.8. The van der Waals surface area contributed by atoms with Crippen molar-refractivity contribution in [3.8, 4) is 5.75 Å². The normalized spacial score (nSPS) is 19.9. The van der Waals surface area contributed by atoms with E-state index in [-0.39, 0.29) is 11.7 Å². The van der Waals surface area contributed by atoms with Crippen LogP contribution in [0.3, 0.4) is 0 Å². The average molecular weight is 251 g/mol. The fourth-order valence-electron chi connectivity index (χ4n) is 1.99. The molecule has 0 radical (unpaired) electrons. The number of phenolic OH excluding ortho intramolecular Hbond substituents is 1. The highest BCUT2D eigenvalue weighted by Gasteiger charge is 2.15. The summed E-state index contributed by atoms with van der Waals surface area (Å²) in [6, 6.07) is 7.18. The number of benzene rings is 1. The topological polar surface area (TPSA) is 49.3 Å². The molecule has 0 aliphatic carbocycles.